The predicted molar refractivity (Wildman–Crippen MR) is 92.7 cm³/mol. The van der Waals surface area contributed by atoms with Crippen LogP contribution in [-0.2, 0) is 19.6 Å². The maximum absolute atomic E-state index is 12.6. The number of hydrogen-bond donors (Lipinski definition) is 2. The molecule has 0 radical (unpaired) electrons. The van der Waals surface area contributed by atoms with Gasteiger partial charge in [-0.25, -0.2) is 5.10 Å². The van der Waals surface area contributed by atoms with Gasteiger partial charge >= 0.3 is 0 Å². The van der Waals surface area contributed by atoms with Gasteiger partial charge in [0.1, 0.15) is 23.7 Å². The summed E-state index contributed by atoms with van der Waals surface area (Å²) in [5.41, 5.74) is 2.67. The van der Waals surface area contributed by atoms with Crippen LogP contribution in [0.5, 0.6) is 5.75 Å². The van der Waals surface area contributed by atoms with Crippen molar-refractivity contribution in [2.75, 3.05) is 6.54 Å². The summed E-state index contributed by atoms with van der Waals surface area (Å²) in [5.74, 6) is 0.549. The first-order valence-electron chi connectivity index (χ1n) is 8.28. The molecule has 8 heteroatoms. The van der Waals surface area contributed by atoms with E-state index in [1.54, 1.807) is 4.90 Å². The summed E-state index contributed by atoms with van der Waals surface area (Å²) in [6, 6.07) is 12.3. The SMILES string of the molecule is O=C(c1ccc(=O)[nH]n1)N1CCc2[nH]nc(COc3ccccc3)c2C1. The van der Waals surface area contributed by atoms with Crippen molar-refractivity contribution < 1.29 is 9.53 Å². The van der Waals surface area contributed by atoms with Crippen LogP contribution in [0.25, 0.3) is 0 Å². The summed E-state index contributed by atoms with van der Waals surface area (Å²) in [4.78, 5) is 25.4. The molecule has 1 aromatic carbocycles. The van der Waals surface area contributed by atoms with Crippen LogP contribution >= 0.6 is 0 Å². The van der Waals surface area contributed by atoms with Crippen molar-refractivity contribution in [2.24, 2.45) is 0 Å². The molecule has 0 spiro atoms. The number of nitrogens with one attached hydrogen (secondary N) is 2. The van der Waals surface area contributed by atoms with Gasteiger partial charge in [0, 0.05) is 36.8 Å². The third-order valence-electron chi connectivity index (χ3n) is 4.32. The zero-order valence-corrected chi connectivity index (χ0v) is 13.9. The van der Waals surface area contributed by atoms with Crippen molar-refractivity contribution >= 4 is 5.91 Å². The minimum Gasteiger partial charge on any atom is -0.487 e. The highest BCUT2D eigenvalue weighted by molar-refractivity contribution is 5.92. The maximum atomic E-state index is 12.6. The van der Waals surface area contributed by atoms with Gasteiger partial charge in [-0.1, -0.05) is 18.2 Å². The molecule has 0 unspecified atom stereocenters. The van der Waals surface area contributed by atoms with E-state index < -0.39 is 0 Å². The minimum absolute atomic E-state index is 0.219. The third-order valence-corrected chi connectivity index (χ3v) is 4.32. The number of aromatic nitrogens is 4. The second-order valence-electron chi connectivity index (χ2n) is 6.01. The molecule has 0 saturated heterocycles. The number of benzene rings is 1. The first-order valence-corrected chi connectivity index (χ1v) is 8.28. The Balaban J connectivity index is 1.49. The fourth-order valence-electron chi connectivity index (χ4n) is 2.94. The molecule has 2 N–H and O–H groups in total. The molecule has 132 valence electrons. The molecule has 4 rings (SSSR count). The van der Waals surface area contributed by atoms with Crippen LogP contribution in [0.4, 0.5) is 0 Å². The molecule has 3 heterocycles. The predicted octanol–water partition coefficient (Wildman–Crippen LogP) is 1.27. The average Bonchev–Trinajstić information content (AvgIpc) is 3.09. The Hall–Kier alpha value is -3.42. The lowest BCUT2D eigenvalue weighted by Gasteiger charge is -2.26. The minimum atomic E-state index is -0.335. The van der Waals surface area contributed by atoms with Gasteiger partial charge in [0.05, 0.1) is 0 Å². The molecule has 3 aromatic rings. The van der Waals surface area contributed by atoms with E-state index in [0.717, 1.165) is 22.7 Å². The zero-order chi connectivity index (χ0) is 17.9. The van der Waals surface area contributed by atoms with Crippen molar-refractivity contribution in [1.29, 1.82) is 0 Å². The van der Waals surface area contributed by atoms with E-state index in [1.165, 1.54) is 12.1 Å². The van der Waals surface area contributed by atoms with Gasteiger partial charge in [-0.2, -0.15) is 10.2 Å². The largest absolute Gasteiger partial charge is 0.487 e. The number of amides is 1. The standard InChI is InChI=1S/C18H17N5O3/c24-17-7-6-15(20-22-17)18(25)23-9-8-14-13(10-23)16(21-19-14)11-26-12-4-2-1-3-5-12/h1-7H,8-11H2,(H,19,21)(H,22,24). The van der Waals surface area contributed by atoms with Crippen molar-refractivity contribution in [3.05, 3.63) is 75.5 Å². The molecule has 8 nitrogen and oxygen atoms in total. The molecule has 0 bridgehead atoms. The fraction of sp³-hybridized carbons (Fsp3) is 0.222. The van der Waals surface area contributed by atoms with E-state index in [2.05, 4.69) is 20.4 Å². The van der Waals surface area contributed by atoms with Crippen LogP contribution in [0.1, 0.15) is 27.4 Å². The Morgan fingerprint density at radius 2 is 1.96 bits per heavy atom. The maximum Gasteiger partial charge on any atom is 0.274 e. The highest BCUT2D eigenvalue weighted by atomic mass is 16.5. The van der Waals surface area contributed by atoms with E-state index in [9.17, 15) is 9.59 Å². The lowest BCUT2D eigenvalue weighted by molar-refractivity contribution is 0.0726. The highest BCUT2D eigenvalue weighted by Crippen LogP contribution is 2.22. The molecule has 26 heavy (non-hydrogen) atoms. The number of para-hydroxylation sites is 1. The van der Waals surface area contributed by atoms with Gasteiger partial charge in [-0.15, -0.1) is 0 Å². The number of H-pyrrole nitrogens is 2. The number of aromatic amines is 2. The molecular weight excluding hydrogens is 334 g/mol. The summed E-state index contributed by atoms with van der Waals surface area (Å²) < 4.78 is 5.77. The second-order valence-corrected chi connectivity index (χ2v) is 6.01. The van der Waals surface area contributed by atoms with Crippen LogP contribution in [0.2, 0.25) is 0 Å². The third kappa shape index (κ3) is 3.21. The number of carbonyl (C=O) groups is 1. The molecule has 0 saturated carbocycles. The summed E-state index contributed by atoms with van der Waals surface area (Å²) >= 11 is 0. The summed E-state index contributed by atoms with van der Waals surface area (Å²) in [6.45, 7) is 1.32. The first kappa shape index (κ1) is 16.1. The van der Waals surface area contributed by atoms with Crippen LogP contribution in [-0.4, -0.2) is 37.7 Å². The Kier molecular flexibility index (Phi) is 4.22. The Labute approximate surface area is 148 Å². The molecule has 0 aliphatic carbocycles. The number of hydrogen-bond acceptors (Lipinski definition) is 5. The zero-order valence-electron chi connectivity index (χ0n) is 13.9. The van der Waals surface area contributed by atoms with Crippen molar-refractivity contribution in [3.8, 4) is 5.75 Å². The lowest BCUT2D eigenvalue weighted by Crippen LogP contribution is -2.37. The summed E-state index contributed by atoms with van der Waals surface area (Å²) in [6.07, 6.45) is 0.683. The molecule has 2 aromatic heterocycles. The number of rotatable bonds is 4. The molecule has 0 atom stereocenters. The highest BCUT2D eigenvalue weighted by Gasteiger charge is 2.26. The normalized spacial score (nSPS) is 13.3. The Morgan fingerprint density at radius 1 is 1.12 bits per heavy atom. The molecule has 1 aliphatic heterocycles. The Morgan fingerprint density at radius 3 is 2.73 bits per heavy atom. The van der Waals surface area contributed by atoms with Crippen LogP contribution in [0.3, 0.4) is 0 Å². The van der Waals surface area contributed by atoms with E-state index in [4.69, 9.17) is 4.74 Å². The second kappa shape index (κ2) is 6.83. The fourth-order valence-corrected chi connectivity index (χ4v) is 2.94. The number of nitrogens with zero attached hydrogens (tertiary/aromatic N) is 3. The van der Waals surface area contributed by atoms with E-state index in [-0.39, 0.29) is 17.2 Å². The summed E-state index contributed by atoms with van der Waals surface area (Å²) in [5, 5.41) is 13.5. The van der Waals surface area contributed by atoms with E-state index >= 15 is 0 Å². The first-order chi connectivity index (χ1) is 12.7. The lowest BCUT2D eigenvalue weighted by atomic mass is 10.1. The smallest absolute Gasteiger partial charge is 0.274 e. The monoisotopic (exact) mass is 351 g/mol. The quantitative estimate of drug-likeness (QED) is 0.737. The average molecular weight is 351 g/mol. The van der Waals surface area contributed by atoms with Crippen LogP contribution in [0.15, 0.2) is 47.3 Å². The number of carbonyl (C=O) groups excluding carboxylic acids is 1. The number of ether oxygens (including phenoxy) is 1. The van der Waals surface area contributed by atoms with Gasteiger partial charge < -0.3 is 9.64 Å². The van der Waals surface area contributed by atoms with Gasteiger partial charge in [-0.3, -0.25) is 14.7 Å². The van der Waals surface area contributed by atoms with Gasteiger partial charge in [0.15, 0.2) is 0 Å². The van der Waals surface area contributed by atoms with E-state index in [0.29, 0.717) is 26.1 Å². The molecule has 1 aliphatic rings. The van der Waals surface area contributed by atoms with Crippen molar-refractivity contribution in [2.45, 2.75) is 19.6 Å². The topological polar surface area (TPSA) is 104 Å². The van der Waals surface area contributed by atoms with Gasteiger partial charge in [0.25, 0.3) is 11.5 Å². The Bertz CT molecular complexity index is 959. The van der Waals surface area contributed by atoms with Gasteiger partial charge in [-0.05, 0) is 18.2 Å². The van der Waals surface area contributed by atoms with E-state index in [1.807, 2.05) is 30.3 Å². The van der Waals surface area contributed by atoms with Gasteiger partial charge in [0.2, 0.25) is 0 Å². The van der Waals surface area contributed by atoms with Crippen LogP contribution < -0.4 is 10.3 Å². The molecule has 1 amide bonds. The molecular formula is C18H17N5O3. The van der Waals surface area contributed by atoms with Crippen molar-refractivity contribution in [1.82, 2.24) is 25.3 Å². The summed E-state index contributed by atoms with van der Waals surface area (Å²) in [7, 11) is 0. The van der Waals surface area contributed by atoms with Crippen LogP contribution in [0, 0.1) is 0 Å². The number of fused-ring (bicyclic) bond motifs is 1. The molecule has 0 fully saturated rings. The van der Waals surface area contributed by atoms with Crippen molar-refractivity contribution in [3.63, 3.8) is 0 Å².